The topological polar surface area (TPSA) is 102 Å². The second-order valence-corrected chi connectivity index (χ2v) is 4.81. The Morgan fingerprint density at radius 3 is 2.67 bits per heavy atom. The molecule has 6 nitrogen and oxygen atoms in total. The van der Waals surface area contributed by atoms with Crippen molar-refractivity contribution in [3.05, 3.63) is 51.4 Å². The lowest BCUT2D eigenvalue weighted by molar-refractivity contribution is 0.449. The third-order valence-electron chi connectivity index (χ3n) is 3.10. The summed E-state index contributed by atoms with van der Waals surface area (Å²) < 4.78 is 1.19. The van der Waals surface area contributed by atoms with Crippen molar-refractivity contribution in [2.75, 3.05) is 0 Å². The largest absolute Gasteiger partial charge is 0.506 e. The van der Waals surface area contributed by atoms with Gasteiger partial charge < -0.3 is 15.2 Å². The van der Waals surface area contributed by atoms with Crippen LogP contribution in [0.2, 0.25) is 5.02 Å². The number of nitrogens with one attached hydrogen (secondary N) is 1. The highest BCUT2D eigenvalue weighted by Gasteiger charge is 2.15. The zero-order valence-corrected chi connectivity index (χ0v) is 11.2. The van der Waals surface area contributed by atoms with E-state index in [0.29, 0.717) is 16.6 Å². The van der Waals surface area contributed by atoms with E-state index in [1.54, 1.807) is 12.1 Å². The first-order valence-electron chi connectivity index (χ1n) is 5.88. The van der Waals surface area contributed by atoms with Gasteiger partial charge >= 0.3 is 5.69 Å². The molecule has 0 saturated carbocycles. The van der Waals surface area contributed by atoms with E-state index in [1.807, 2.05) is 6.07 Å². The monoisotopic (exact) mass is 301 g/mol. The third kappa shape index (κ3) is 2.00. The SMILES string of the molecule is N#Cc1ccc2[nH]c(=O)n(-c3cc(Cl)c(O)cc3O)c2c1. The van der Waals surface area contributed by atoms with Crippen molar-refractivity contribution in [3.8, 4) is 23.3 Å². The summed E-state index contributed by atoms with van der Waals surface area (Å²) in [6, 6.07) is 9.01. The first kappa shape index (κ1) is 13.1. The van der Waals surface area contributed by atoms with Gasteiger partial charge in [0.25, 0.3) is 0 Å². The third-order valence-corrected chi connectivity index (χ3v) is 3.40. The van der Waals surface area contributed by atoms with Crippen LogP contribution >= 0.6 is 11.6 Å². The molecule has 0 atom stereocenters. The van der Waals surface area contributed by atoms with Crippen molar-refractivity contribution in [2.45, 2.75) is 0 Å². The molecule has 0 spiro atoms. The minimum atomic E-state index is -0.489. The van der Waals surface area contributed by atoms with Crippen LogP contribution in [0.4, 0.5) is 0 Å². The molecule has 0 saturated heterocycles. The number of fused-ring (bicyclic) bond motifs is 1. The Hall–Kier alpha value is -2.91. The highest BCUT2D eigenvalue weighted by Crippen LogP contribution is 2.33. The Bertz CT molecular complexity index is 966. The van der Waals surface area contributed by atoms with Gasteiger partial charge in [-0.2, -0.15) is 5.26 Å². The fourth-order valence-corrected chi connectivity index (χ4v) is 2.29. The predicted octanol–water partition coefficient (Wildman–Crippen LogP) is 2.26. The quantitative estimate of drug-likeness (QED) is 0.641. The second kappa shape index (κ2) is 4.58. The van der Waals surface area contributed by atoms with E-state index in [4.69, 9.17) is 16.9 Å². The molecule has 1 aromatic heterocycles. The number of nitrogens with zero attached hydrogens (tertiary/aromatic N) is 2. The van der Waals surface area contributed by atoms with E-state index in [9.17, 15) is 15.0 Å². The number of halogens is 1. The Morgan fingerprint density at radius 1 is 1.19 bits per heavy atom. The number of nitriles is 1. The van der Waals surface area contributed by atoms with Crippen molar-refractivity contribution in [1.82, 2.24) is 9.55 Å². The molecule has 0 radical (unpaired) electrons. The van der Waals surface area contributed by atoms with Crippen molar-refractivity contribution in [1.29, 1.82) is 5.26 Å². The number of aromatic hydroxyl groups is 2. The van der Waals surface area contributed by atoms with E-state index >= 15 is 0 Å². The van der Waals surface area contributed by atoms with E-state index < -0.39 is 5.69 Å². The fourth-order valence-electron chi connectivity index (χ4n) is 2.13. The molecular formula is C14H8ClN3O3. The van der Waals surface area contributed by atoms with Gasteiger partial charge in [-0.15, -0.1) is 0 Å². The molecule has 21 heavy (non-hydrogen) atoms. The van der Waals surface area contributed by atoms with Gasteiger partial charge in [0.1, 0.15) is 11.5 Å². The minimum absolute atomic E-state index is 0.000452. The molecule has 3 aromatic rings. The molecule has 1 heterocycles. The van der Waals surface area contributed by atoms with E-state index in [2.05, 4.69) is 4.98 Å². The molecule has 104 valence electrons. The molecule has 0 bridgehead atoms. The molecule has 3 N–H and O–H groups in total. The van der Waals surface area contributed by atoms with Crippen LogP contribution in [0.3, 0.4) is 0 Å². The number of rotatable bonds is 1. The molecular weight excluding hydrogens is 294 g/mol. The highest BCUT2D eigenvalue weighted by atomic mass is 35.5. The number of phenols is 2. The van der Waals surface area contributed by atoms with Crippen LogP contribution in [0.1, 0.15) is 5.56 Å². The normalized spacial score (nSPS) is 10.7. The first-order valence-corrected chi connectivity index (χ1v) is 6.26. The minimum Gasteiger partial charge on any atom is -0.506 e. The van der Waals surface area contributed by atoms with Crippen LogP contribution in [0.5, 0.6) is 11.5 Å². The van der Waals surface area contributed by atoms with Gasteiger partial charge in [0, 0.05) is 6.07 Å². The maximum absolute atomic E-state index is 12.1. The smallest absolute Gasteiger partial charge is 0.331 e. The number of hydrogen-bond acceptors (Lipinski definition) is 4. The Labute approximate surface area is 123 Å². The van der Waals surface area contributed by atoms with Gasteiger partial charge in [-0.05, 0) is 24.3 Å². The summed E-state index contributed by atoms with van der Waals surface area (Å²) in [5.41, 5.74) is 0.944. The molecule has 2 aromatic carbocycles. The van der Waals surface area contributed by atoms with Crippen molar-refractivity contribution >= 4 is 22.6 Å². The fraction of sp³-hybridized carbons (Fsp3) is 0. The number of imidazole rings is 1. The van der Waals surface area contributed by atoms with Crippen LogP contribution in [0.25, 0.3) is 16.7 Å². The number of hydrogen-bond donors (Lipinski definition) is 3. The van der Waals surface area contributed by atoms with Crippen molar-refractivity contribution < 1.29 is 10.2 Å². The molecule has 0 aliphatic heterocycles. The molecule has 3 rings (SSSR count). The maximum atomic E-state index is 12.1. The Balaban J connectivity index is 2.40. The zero-order chi connectivity index (χ0) is 15.1. The summed E-state index contributed by atoms with van der Waals surface area (Å²) in [6.07, 6.45) is 0. The molecule has 0 amide bonds. The summed E-state index contributed by atoms with van der Waals surface area (Å²) in [5.74, 6) is -0.592. The average Bonchev–Trinajstić information content (AvgIpc) is 2.78. The molecule has 0 fully saturated rings. The lowest BCUT2D eigenvalue weighted by Gasteiger charge is -2.08. The van der Waals surface area contributed by atoms with Crippen LogP contribution in [0.15, 0.2) is 35.1 Å². The van der Waals surface area contributed by atoms with Gasteiger partial charge in [-0.3, -0.25) is 4.57 Å². The highest BCUT2D eigenvalue weighted by molar-refractivity contribution is 6.32. The Kier molecular flexibility index (Phi) is 2.85. The number of aromatic amines is 1. The zero-order valence-electron chi connectivity index (χ0n) is 10.5. The standard InChI is InChI=1S/C14H8ClN3O3/c15-8-4-11(13(20)5-12(8)19)18-10-3-7(6-16)1-2-9(10)17-14(18)21/h1-5,19-20H,(H,17,21). The lowest BCUT2D eigenvalue weighted by Crippen LogP contribution is -2.14. The number of phenolic OH excluding ortho intramolecular Hbond substituents is 2. The molecule has 0 aliphatic carbocycles. The van der Waals surface area contributed by atoms with E-state index in [0.717, 1.165) is 6.07 Å². The van der Waals surface area contributed by atoms with Gasteiger partial charge in [-0.1, -0.05) is 11.6 Å². The second-order valence-electron chi connectivity index (χ2n) is 4.40. The van der Waals surface area contributed by atoms with Gasteiger partial charge in [0.05, 0.1) is 33.4 Å². The van der Waals surface area contributed by atoms with Crippen LogP contribution in [-0.4, -0.2) is 19.8 Å². The number of aromatic nitrogens is 2. The summed E-state index contributed by atoms with van der Waals surface area (Å²) in [7, 11) is 0. The van der Waals surface area contributed by atoms with Gasteiger partial charge in [0.2, 0.25) is 0 Å². The molecule has 0 aliphatic rings. The average molecular weight is 302 g/mol. The van der Waals surface area contributed by atoms with E-state index in [1.165, 1.54) is 16.7 Å². The summed E-state index contributed by atoms with van der Waals surface area (Å²) in [6.45, 7) is 0. The number of benzene rings is 2. The van der Waals surface area contributed by atoms with Crippen LogP contribution in [0, 0.1) is 11.3 Å². The van der Waals surface area contributed by atoms with Crippen molar-refractivity contribution in [2.24, 2.45) is 0 Å². The Morgan fingerprint density at radius 2 is 1.95 bits per heavy atom. The predicted molar refractivity (Wildman–Crippen MR) is 77.0 cm³/mol. The van der Waals surface area contributed by atoms with Gasteiger partial charge in [0.15, 0.2) is 0 Å². The summed E-state index contributed by atoms with van der Waals surface area (Å²) in [5, 5.41) is 28.3. The van der Waals surface area contributed by atoms with Gasteiger partial charge in [-0.25, -0.2) is 4.79 Å². The van der Waals surface area contributed by atoms with Crippen LogP contribution < -0.4 is 5.69 Å². The lowest BCUT2D eigenvalue weighted by atomic mass is 10.2. The summed E-state index contributed by atoms with van der Waals surface area (Å²) >= 11 is 5.83. The van der Waals surface area contributed by atoms with Crippen molar-refractivity contribution in [3.63, 3.8) is 0 Å². The molecule has 7 heteroatoms. The van der Waals surface area contributed by atoms with E-state index in [-0.39, 0.29) is 22.2 Å². The van der Waals surface area contributed by atoms with Crippen LogP contribution in [-0.2, 0) is 0 Å². The maximum Gasteiger partial charge on any atom is 0.331 e. The number of H-pyrrole nitrogens is 1. The molecule has 0 unspecified atom stereocenters. The first-order chi connectivity index (χ1) is 10.0. The summed E-state index contributed by atoms with van der Waals surface area (Å²) in [4.78, 5) is 14.7.